The van der Waals surface area contributed by atoms with Crippen LogP contribution in [-0.2, 0) is 22.6 Å². The highest BCUT2D eigenvalue weighted by atomic mass is 16.6. The van der Waals surface area contributed by atoms with Gasteiger partial charge >= 0.3 is 5.97 Å². The number of fused-ring (bicyclic) bond motifs is 1. The van der Waals surface area contributed by atoms with Gasteiger partial charge in [-0.3, -0.25) is 24.8 Å². The fourth-order valence-corrected chi connectivity index (χ4v) is 4.27. The number of nitro benzene ring substituents is 1. The maximum absolute atomic E-state index is 13.2. The van der Waals surface area contributed by atoms with E-state index in [2.05, 4.69) is 10.2 Å². The van der Waals surface area contributed by atoms with Gasteiger partial charge in [-0.1, -0.05) is 42.5 Å². The third-order valence-corrected chi connectivity index (χ3v) is 5.66. The van der Waals surface area contributed by atoms with E-state index >= 15 is 0 Å². The highest BCUT2D eigenvalue weighted by Gasteiger charge is 2.51. The summed E-state index contributed by atoms with van der Waals surface area (Å²) in [5.41, 5.74) is -0.287. The van der Waals surface area contributed by atoms with Crippen molar-refractivity contribution in [2.24, 2.45) is 5.92 Å². The second kappa shape index (κ2) is 7.84. The fourth-order valence-electron chi connectivity index (χ4n) is 4.27. The number of H-pyrrole nitrogens is 2. The second-order valence-corrected chi connectivity index (χ2v) is 7.91. The molecule has 0 unspecified atom stereocenters. The van der Waals surface area contributed by atoms with Gasteiger partial charge in [-0.25, -0.2) is 0 Å². The van der Waals surface area contributed by atoms with Gasteiger partial charge in [0.15, 0.2) is 0 Å². The average molecular weight is 423 g/mol. The zero-order valence-electron chi connectivity index (χ0n) is 16.7. The van der Waals surface area contributed by atoms with Crippen molar-refractivity contribution in [1.29, 1.82) is 0 Å². The van der Waals surface area contributed by atoms with Crippen LogP contribution in [-0.4, -0.2) is 31.8 Å². The summed E-state index contributed by atoms with van der Waals surface area (Å²) in [6, 6.07) is 14.8. The number of benzene rings is 2. The molecule has 3 atom stereocenters. The van der Waals surface area contributed by atoms with Gasteiger partial charge in [0, 0.05) is 35.7 Å². The quantitative estimate of drug-likeness (QED) is 0.327. The van der Waals surface area contributed by atoms with Crippen molar-refractivity contribution in [3.63, 3.8) is 0 Å². The number of hydrogen-bond donors (Lipinski definition) is 3. The number of rotatable bonds is 5. The molecule has 2 aromatic carbocycles. The summed E-state index contributed by atoms with van der Waals surface area (Å²) >= 11 is 0. The number of aliphatic hydroxyl groups is 1. The van der Waals surface area contributed by atoms with Crippen LogP contribution in [0.2, 0.25) is 0 Å². The zero-order chi connectivity index (χ0) is 22.2. The van der Waals surface area contributed by atoms with Gasteiger partial charge in [0.05, 0.1) is 16.4 Å². The molecule has 0 amide bonds. The van der Waals surface area contributed by atoms with Gasteiger partial charge in [0.25, 0.3) is 11.2 Å². The van der Waals surface area contributed by atoms with Gasteiger partial charge in [0.1, 0.15) is 6.61 Å². The smallest absolute Gasteiger partial charge is 0.313 e. The normalized spacial score (nSPS) is 22.5. The monoisotopic (exact) mass is 423 g/mol. The van der Waals surface area contributed by atoms with Gasteiger partial charge < -0.3 is 14.9 Å². The number of nitrogens with zero attached hydrogens (tertiary/aromatic N) is 1. The van der Waals surface area contributed by atoms with E-state index in [9.17, 15) is 24.8 Å². The van der Waals surface area contributed by atoms with Crippen LogP contribution in [0, 0.1) is 16.0 Å². The first kappa shape index (κ1) is 20.5. The van der Waals surface area contributed by atoms with E-state index < -0.39 is 33.9 Å². The summed E-state index contributed by atoms with van der Waals surface area (Å²) in [6.45, 7) is 1.50. The number of aromatic amines is 2. The Morgan fingerprint density at radius 2 is 1.97 bits per heavy atom. The third-order valence-electron chi connectivity index (χ3n) is 5.66. The Labute approximate surface area is 176 Å². The van der Waals surface area contributed by atoms with Crippen LogP contribution in [0.15, 0.2) is 59.4 Å². The summed E-state index contributed by atoms with van der Waals surface area (Å²) in [7, 11) is 0. The third kappa shape index (κ3) is 3.87. The van der Waals surface area contributed by atoms with E-state index in [1.165, 1.54) is 25.1 Å². The molecule has 0 fully saturated rings. The molecular formula is C22H21N3O6. The number of carbonyl (C=O) groups is 1. The fraction of sp³-hybridized carbons (Fsp3) is 0.273. The lowest BCUT2D eigenvalue weighted by Gasteiger charge is -2.40. The zero-order valence-corrected chi connectivity index (χ0v) is 16.7. The standard InChI is InChI=1S/C22H21N3O6/c1-22(28)11-16-18(20(26)24-23-16)17(14-8-5-9-15(10-14)25(29)30)19(22)21(27)31-12-13-6-3-2-4-7-13/h2-10,17,19,28H,11-12H2,1H3,(H2,23,24,26)/t17-,19+,22+/m1/s1. The molecule has 0 radical (unpaired) electrons. The number of aromatic nitrogens is 2. The molecular weight excluding hydrogens is 402 g/mol. The molecule has 1 aromatic heterocycles. The minimum Gasteiger partial charge on any atom is -0.460 e. The number of nitrogens with one attached hydrogen (secondary N) is 2. The van der Waals surface area contributed by atoms with Crippen molar-refractivity contribution in [2.45, 2.75) is 31.5 Å². The number of ether oxygens (including phenoxy) is 1. The summed E-state index contributed by atoms with van der Waals surface area (Å²) < 4.78 is 5.51. The van der Waals surface area contributed by atoms with E-state index in [0.29, 0.717) is 11.3 Å². The van der Waals surface area contributed by atoms with Crippen LogP contribution >= 0.6 is 0 Å². The number of esters is 1. The molecule has 0 saturated carbocycles. The molecule has 0 saturated heterocycles. The maximum Gasteiger partial charge on any atom is 0.313 e. The predicted octanol–water partition coefficient (Wildman–Crippen LogP) is 2.41. The molecule has 0 bridgehead atoms. The van der Waals surface area contributed by atoms with Crippen molar-refractivity contribution in [1.82, 2.24) is 10.2 Å². The van der Waals surface area contributed by atoms with Gasteiger partial charge in [-0.05, 0) is 18.1 Å². The lowest BCUT2D eigenvalue weighted by Crippen LogP contribution is -2.50. The predicted molar refractivity (Wildman–Crippen MR) is 110 cm³/mol. The van der Waals surface area contributed by atoms with Crippen molar-refractivity contribution in [2.75, 3.05) is 0 Å². The van der Waals surface area contributed by atoms with Gasteiger partial charge in [0.2, 0.25) is 0 Å². The Balaban J connectivity index is 1.77. The molecule has 1 aliphatic rings. The minimum atomic E-state index is -1.55. The number of nitro groups is 1. The molecule has 3 aromatic rings. The molecule has 31 heavy (non-hydrogen) atoms. The summed E-state index contributed by atoms with van der Waals surface area (Å²) in [5.74, 6) is -2.74. The van der Waals surface area contributed by atoms with Crippen LogP contribution < -0.4 is 5.56 Å². The maximum atomic E-state index is 13.2. The highest BCUT2D eigenvalue weighted by Crippen LogP contribution is 2.45. The molecule has 1 heterocycles. The van der Waals surface area contributed by atoms with Gasteiger partial charge in [-0.2, -0.15) is 0 Å². The molecule has 4 rings (SSSR count). The van der Waals surface area contributed by atoms with Crippen molar-refractivity contribution in [3.05, 3.63) is 97.4 Å². The Hall–Kier alpha value is -3.72. The lowest BCUT2D eigenvalue weighted by atomic mass is 9.66. The van der Waals surface area contributed by atoms with E-state index in [1.54, 1.807) is 18.2 Å². The molecule has 0 spiro atoms. The van der Waals surface area contributed by atoms with E-state index in [4.69, 9.17) is 4.74 Å². The Morgan fingerprint density at radius 3 is 2.68 bits per heavy atom. The van der Waals surface area contributed by atoms with E-state index in [-0.39, 0.29) is 24.3 Å². The highest BCUT2D eigenvalue weighted by molar-refractivity contribution is 5.77. The SMILES string of the molecule is C[C@]1(O)Cc2[nH][nH]c(=O)c2[C@@H](c2cccc([N+](=O)[O-])c2)[C@H]1C(=O)OCc1ccccc1. The molecule has 1 aliphatic carbocycles. The Morgan fingerprint density at radius 1 is 1.23 bits per heavy atom. The molecule has 9 nitrogen and oxygen atoms in total. The Kier molecular flexibility index (Phi) is 5.20. The van der Waals surface area contributed by atoms with Crippen LogP contribution in [0.1, 0.15) is 35.2 Å². The summed E-state index contributed by atoms with van der Waals surface area (Å²) in [5, 5.41) is 27.7. The van der Waals surface area contributed by atoms with Crippen molar-refractivity contribution >= 4 is 11.7 Å². The molecule has 3 N–H and O–H groups in total. The lowest BCUT2D eigenvalue weighted by molar-refractivity contribution is -0.384. The average Bonchev–Trinajstić information content (AvgIpc) is 3.10. The topological polar surface area (TPSA) is 138 Å². The molecule has 160 valence electrons. The van der Waals surface area contributed by atoms with Crippen LogP contribution in [0.25, 0.3) is 0 Å². The first-order chi connectivity index (χ1) is 14.8. The van der Waals surface area contributed by atoms with E-state index in [1.807, 2.05) is 18.2 Å². The van der Waals surface area contributed by atoms with Crippen LogP contribution in [0.4, 0.5) is 5.69 Å². The molecule has 9 heteroatoms. The minimum absolute atomic E-state index is 0.00423. The first-order valence-corrected chi connectivity index (χ1v) is 9.74. The number of hydrogen-bond acceptors (Lipinski definition) is 6. The van der Waals surface area contributed by atoms with Gasteiger partial charge in [-0.15, -0.1) is 0 Å². The van der Waals surface area contributed by atoms with Crippen LogP contribution in [0.3, 0.4) is 0 Å². The largest absolute Gasteiger partial charge is 0.460 e. The number of carbonyl (C=O) groups excluding carboxylic acids is 1. The summed E-state index contributed by atoms with van der Waals surface area (Å²) in [6.07, 6.45) is 0.0254. The summed E-state index contributed by atoms with van der Waals surface area (Å²) in [4.78, 5) is 36.5. The van der Waals surface area contributed by atoms with Crippen LogP contribution in [0.5, 0.6) is 0 Å². The molecule has 0 aliphatic heterocycles. The van der Waals surface area contributed by atoms with Crippen molar-refractivity contribution in [3.8, 4) is 0 Å². The van der Waals surface area contributed by atoms with Crippen molar-refractivity contribution < 1.29 is 19.6 Å². The second-order valence-electron chi connectivity index (χ2n) is 7.91. The van der Waals surface area contributed by atoms with E-state index in [0.717, 1.165) is 5.56 Å². The Bertz CT molecular complexity index is 1180. The first-order valence-electron chi connectivity index (χ1n) is 9.74. The number of non-ortho nitro benzene ring substituents is 1.